The number of rotatable bonds is 3. The molecule has 0 bridgehead atoms. The first kappa shape index (κ1) is 8.41. The Morgan fingerprint density at radius 1 is 1.70 bits per heavy atom. The van der Waals surface area contributed by atoms with Gasteiger partial charge in [-0.15, -0.1) is 0 Å². The van der Waals surface area contributed by atoms with Crippen LogP contribution in [-0.4, -0.2) is 24.1 Å². The molecule has 0 amide bonds. The van der Waals surface area contributed by atoms with Crippen LogP contribution in [0.1, 0.15) is 26.2 Å². The molecule has 1 saturated heterocycles. The molecule has 0 aromatic carbocycles. The summed E-state index contributed by atoms with van der Waals surface area (Å²) >= 11 is 2.14. The highest BCUT2D eigenvalue weighted by molar-refractivity contribution is 8.00. The third-order valence-electron chi connectivity index (χ3n) is 2.22. The molecule has 0 saturated carbocycles. The van der Waals surface area contributed by atoms with E-state index in [4.69, 9.17) is 0 Å². The number of nitrogens with one attached hydrogen (secondary N) is 1. The van der Waals surface area contributed by atoms with Crippen molar-refractivity contribution in [3.05, 3.63) is 0 Å². The Hall–Kier alpha value is 0.310. The van der Waals surface area contributed by atoms with Crippen LogP contribution in [0.3, 0.4) is 0 Å². The maximum absolute atomic E-state index is 3.37. The molecule has 1 rings (SSSR count). The normalized spacial score (nSPS) is 28.8. The second kappa shape index (κ2) is 4.24. The summed E-state index contributed by atoms with van der Waals surface area (Å²) in [5, 5.41) is 4.27. The monoisotopic (exact) mass is 159 g/mol. The minimum absolute atomic E-state index is 0.757. The zero-order valence-electron chi connectivity index (χ0n) is 6.89. The molecule has 0 aliphatic carbocycles. The van der Waals surface area contributed by atoms with Gasteiger partial charge in [0.1, 0.15) is 0 Å². The molecule has 0 spiro atoms. The molecule has 0 radical (unpaired) electrons. The van der Waals surface area contributed by atoms with Gasteiger partial charge in [-0.1, -0.05) is 6.92 Å². The summed E-state index contributed by atoms with van der Waals surface area (Å²) in [7, 11) is 2.08. The summed E-state index contributed by atoms with van der Waals surface area (Å²) in [5.74, 6) is 1.38. The van der Waals surface area contributed by atoms with E-state index >= 15 is 0 Å². The van der Waals surface area contributed by atoms with E-state index in [0.29, 0.717) is 0 Å². The maximum Gasteiger partial charge on any atom is 0.0201 e. The summed E-state index contributed by atoms with van der Waals surface area (Å²) in [5.41, 5.74) is 0. The number of hydrogen-bond acceptors (Lipinski definition) is 2. The molecule has 1 heterocycles. The van der Waals surface area contributed by atoms with Gasteiger partial charge < -0.3 is 5.32 Å². The molecule has 1 nitrogen and oxygen atoms in total. The lowest BCUT2D eigenvalue weighted by molar-refractivity contribution is 0.513. The Bertz CT molecular complexity index is 85.3. The molecule has 0 aromatic heterocycles. The molecule has 2 heteroatoms. The van der Waals surface area contributed by atoms with Gasteiger partial charge in [-0.05, 0) is 32.1 Å². The maximum atomic E-state index is 3.37. The predicted octanol–water partition coefficient (Wildman–Crippen LogP) is 1.88. The van der Waals surface area contributed by atoms with Crippen LogP contribution in [0.2, 0.25) is 0 Å². The first-order valence-corrected chi connectivity index (χ1v) is 5.22. The zero-order chi connectivity index (χ0) is 7.40. The van der Waals surface area contributed by atoms with Crippen molar-refractivity contribution in [2.75, 3.05) is 12.8 Å². The van der Waals surface area contributed by atoms with Crippen molar-refractivity contribution >= 4 is 11.8 Å². The van der Waals surface area contributed by atoms with Crippen LogP contribution < -0.4 is 5.32 Å². The van der Waals surface area contributed by atoms with E-state index in [1.165, 1.54) is 25.0 Å². The van der Waals surface area contributed by atoms with Gasteiger partial charge in [0.25, 0.3) is 0 Å². The van der Waals surface area contributed by atoms with Crippen molar-refractivity contribution in [1.29, 1.82) is 0 Å². The third-order valence-corrected chi connectivity index (χ3v) is 3.74. The Morgan fingerprint density at radius 2 is 2.50 bits per heavy atom. The average molecular weight is 159 g/mol. The zero-order valence-corrected chi connectivity index (χ0v) is 7.71. The van der Waals surface area contributed by atoms with Crippen LogP contribution >= 0.6 is 11.8 Å². The summed E-state index contributed by atoms with van der Waals surface area (Å²) in [6, 6.07) is 0.757. The molecule has 2 unspecified atom stereocenters. The van der Waals surface area contributed by atoms with Crippen LogP contribution in [0.15, 0.2) is 0 Å². The highest BCUT2D eigenvalue weighted by Gasteiger charge is 2.22. The SMILES string of the molecule is CCC(NC)C1CCCS1. The Morgan fingerprint density at radius 3 is 2.90 bits per heavy atom. The largest absolute Gasteiger partial charge is 0.316 e. The molecule has 10 heavy (non-hydrogen) atoms. The Labute approximate surface area is 68.0 Å². The minimum atomic E-state index is 0.757. The molecular formula is C8H17NS. The molecule has 2 atom stereocenters. The molecule has 1 aliphatic rings. The predicted molar refractivity (Wildman–Crippen MR) is 48.6 cm³/mol. The Kier molecular flexibility index (Phi) is 3.57. The summed E-state index contributed by atoms with van der Waals surface area (Å²) in [6.07, 6.45) is 4.12. The second-order valence-electron chi connectivity index (χ2n) is 2.85. The molecule has 1 N–H and O–H groups in total. The molecule has 1 fully saturated rings. The van der Waals surface area contributed by atoms with E-state index in [1.54, 1.807) is 0 Å². The van der Waals surface area contributed by atoms with E-state index in [0.717, 1.165) is 11.3 Å². The summed E-state index contributed by atoms with van der Waals surface area (Å²) < 4.78 is 0. The lowest BCUT2D eigenvalue weighted by Crippen LogP contribution is -2.33. The van der Waals surface area contributed by atoms with E-state index in [2.05, 4.69) is 31.1 Å². The number of thioether (sulfide) groups is 1. The molecule has 1 aliphatic heterocycles. The van der Waals surface area contributed by atoms with E-state index in [9.17, 15) is 0 Å². The van der Waals surface area contributed by atoms with Crippen molar-refractivity contribution in [3.63, 3.8) is 0 Å². The fourth-order valence-corrected chi connectivity index (χ4v) is 3.10. The average Bonchev–Trinajstić information content (AvgIpc) is 2.43. The second-order valence-corrected chi connectivity index (χ2v) is 4.20. The molecule has 60 valence electrons. The van der Waals surface area contributed by atoms with Crippen molar-refractivity contribution in [2.45, 2.75) is 37.5 Å². The molecular weight excluding hydrogens is 142 g/mol. The standard InChI is InChI=1S/C8H17NS/c1-3-7(9-2)8-5-4-6-10-8/h7-9H,3-6H2,1-2H3. The van der Waals surface area contributed by atoms with E-state index in [-0.39, 0.29) is 0 Å². The lowest BCUT2D eigenvalue weighted by Gasteiger charge is -2.19. The van der Waals surface area contributed by atoms with Gasteiger partial charge >= 0.3 is 0 Å². The van der Waals surface area contributed by atoms with E-state index < -0.39 is 0 Å². The summed E-state index contributed by atoms with van der Waals surface area (Å²) in [4.78, 5) is 0. The van der Waals surface area contributed by atoms with Gasteiger partial charge in [-0.25, -0.2) is 0 Å². The highest BCUT2D eigenvalue weighted by Crippen LogP contribution is 2.29. The third kappa shape index (κ3) is 1.89. The quantitative estimate of drug-likeness (QED) is 0.675. The summed E-state index contributed by atoms with van der Waals surface area (Å²) in [6.45, 7) is 2.26. The van der Waals surface area contributed by atoms with Crippen LogP contribution in [0.25, 0.3) is 0 Å². The van der Waals surface area contributed by atoms with Gasteiger partial charge in [-0.3, -0.25) is 0 Å². The van der Waals surface area contributed by atoms with Gasteiger partial charge in [0, 0.05) is 11.3 Å². The van der Waals surface area contributed by atoms with E-state index in [1.807, 2.05) is 0 Å². The van der Waals surface area contributed by atoms with Gasteiger partial charge in [0.2, 0.25) is 0 Å². The highest BCUT2D eigenvalue weighted by atomic mass is 32.2. The smallest absolute Gasteiger partial charge is 0.0201 e. The van der Waals surface area contributed by atoms with Crippen molar-refractivity contribution in [3.8, 4) is 0 Å². The van der Waals surface area contributed by atoms with Crippen LogP contribution in [0.4, 0.5) is 0 Å². The van der Waals surface area contributed by atoms with Crippen LogP contribution in [0, 0.1) is 0 Å². The lowest BCUT2D eigenvalue weighted by atomic mass is 10.1. The van der Waals surface area contributed by atoms with Crippen LogP contribution in [0.5, 0.6) is 0 Å². The fourth-order valence-electron chi connectivity index (χ4n) is 1.57. The topological polar surface area (TPSA) is 12.0 Å². The fraction of sp³-hybridized carbons (Fsp3) is 1.00. The van der Waals surface area contributed by atoms with Crippen molar-refractivity contribution in [1.82, 2.24) is 5.32 Å². The van der Waals surface area contributed by atoms with Crippen molar-refractivity contribution < 1.29 is 0 Å². The van der Waals surface area contributed by atoms with Crippen LogP contribution in [-0.2, 0) is 0 Å². The minimum Gasteiger partial charge on any atom is -0.316 e. The van der Waals surface area contributed by atoms with Gasteiger partial charge in [0.05, 0.1) is 0 Å². The number of hydrogen-bond donors (Lipinski definition) is 1. The van der Waals surface area contributed by atoms with Gasteiger partial charge in [0.15, 0.2) is 0 Å². The van der Waals surface area contributed by atoms with Crippen molar-refractivity contribution in [2.24, 2.45) is 0 Å². The first-order chi connectivity index (χ1) is 4.88. The Balaban J connectivity index is 2.29. The first-order valence-electron chi connectivity index (χ1n) is 4.17. The van der Waals surface area contributed by atoms with Gasteiger partial charge in [-0.2, -0.15) is 11.8 Å². The molecule has 0 aromatic rings.